The molecular weight excluding hydrogens is 256 g/mol. The lowest BCUT2D eigenvalue weighted by atomic mass is 10.1. The van der Waals surface area contributed by atoms with E-state index in [0.29, 0.717) is 6.42 Å². The first-order valence-electron chi connectivity index (χ1n) is 6.53. The van der Waals surface area contributed by atoms with E-state index in [-0.39, 0.29) is 18.2 Å². The smallest absolute Gasteiger partial charge is 0.374 e. The molecule has 0 N–H and O–H groups in total. The Labute approximate surface area is 116 Å². The third-order valence-electron chi connectivity index (χ3n) is 3.42. The topological polar surface area (TPSA) is 61.2 Å². The number of hydrogen-bond acceptors (Lipinski definition) is 4. The number of Topliss-reactive ketones (excluding diaryl/α,β-unsaturated/α-hetero) is 1. The number of ketones is 1. The van der Waals surface area contributed by atoms with E-state index in [4.69, 9.17) is 4.74 Å². The number of fused-ring (bicyclic) bond motifs is 1. The number of benzene rings is 1. The molecule has 0 spiro atoms. The van der Waals surface area contributed by atoms with Gasteiger partial charge in [-0.15, -0.1) is 0 Å². The molecule has 20 heavy (non-hydrogen) atoms. The van der Waals surface area contributed by atoms with Crippen molar-refractivity contribution in [3.63, 3.8) is 0 Å². The van der Waals surface area contributed by atoms with E-state index in [1.54, 1.807) is 17.7 Å². The van der Waals surface area contributed by atoms with Gasteiger partial charge in [0.25, 0.3) is 0 Å². The third kappa shape index (κ3) is 1.91. The Morgan fingerprint density at radius 1 is 1.45 bits per heavy atom. The number of rotatable bonds is 3. The highest BCUT2D eigenvalue weighted by Gasteiger charge is 2.34. The van der Waals surface area contributed by atoms with Crippen LogP contribution in [-0.2, 0) is 16.0 Å². The number of ether oxygens (including phenoxy) is 1. The minimum atomic E-state index is -0.505. The van der Waals surface area contributed by atoms with Crippen molar-refractivity contribution in [2.75, 3.05) is 6.61 Å². The van der Waals surface area contributed by atoms with Gasteiger partial charge in [0.2, 0.25) is 5.82 Å². The number of nitrogens with zero attached hydrogens (tertiary/aromatic N) is 2. The summed E-state index contributed by atoms with van der Waals surface area (Å²) in [5, 5.41) is 0. The van der Waals surface area contributed by atoms with Crippen LogP contribution in [0.15, 0.2) is 36.7 Å². The number of imidazole rings is 1. The van der Waals surface area contributed by atoms with E-state index in [1.165, 1.54) is 6.20 Å². The first-order chi connectivity index (χ1) is 9.72. The Hall–Kier alpha value is -2.43. The van der Waals surface area contributed by atoms with Crippen molar-refractivity contribution >= 4 is 11.8 Å². The zero-order valence-corrected chi connectivity index (χ0v) is 11.1. The van der Waals surface area contributed by atoms with E-state index in [1.807, 2.05) is 24.3 Å². The van der Waals surface area contributed by atoms with Gasteiger partial charge in [-0.25, -0.2) is 9.78 Å². The molecule has 1 aliphatic carbocycles. The maximum atomic E-state index is 12.3. The van der Waals surface area contributed by atoms with Crippen LogP contribution in [0, 0.1) is 0 Å². The molecule has 0 aliphatic heterocycles. The fourth-order valence-electron chi connectivity index (χ4n) is 2.60. The molecule has 0 bridgehead atoms. The molecule has 3 rings (SSSR count). The third-order valence-corrected chi connectivity index (χ3v) is 3.42. The minimum Gasteiger partial charge on any atom is -0.460 e. The zero-order chi connectivity index (χ0) is 14.1. The monoisotopic (exact) mass is 270 g/mol. The first-order valence-corrected chi connectivity index (χ1v) is 6.53. The van der Waals surface area contributed by atoms with Crippen LogP contribution in [0.25, 0.3) is 0 Å². The molecule has 5 nitrogen and oxygen atoms in total. The fraction of sp³-hybridized carbons (Fsp3) is 0.267. The van der Waals surface area contributed by atoms with Crippen LogP contribution in [0.3, 0.4) is 0 Å². The molecule has 0 amide bonds. The van der Waals surface area contributed by atoms with Gasteiger partial charge < -0.3 is 9.30 Å². The lowest BCUT2D eigenvalue weighted by Crippen LogP contribution is -2.21. The predicted molar refractivity (Wildman–Crippen MR) is 71.5 cm³/mol. The molecule has 1 aliphatic rings. The lowest BCUT2D eigenvalue weighted by Gasteiger charge is -2.14. The second-order valence-corrected chi connectivity index (χ2v) is 4.62. The fourth-order valence-corrected chi connectivity index (χ4v) is 2.60. The van der Waals surface area contributed by atoms with E-state index < -0.39 is 12.0 Å². The van der Waals surface area contributed by atoms with E-state index >= 15 is 0 Å². The number of carbonyl (C=O) groups is 2. The first kappa shape index (κ1) is 12.6. The van der Waals surface area contributed by atoms with Crippen molar-refractivity contribution in [1.82, 2.24) is 9.55 Å². The highest BCUT2D eigenvalue weighted by atomic mass is 16.5. The highest BCUT2D eigenvalue weighted by Crippen LogP contribution is 2.32. The standard InChI is InChI=1S/C15H14N2O3/c1-2-20-15(19)14-16-7-8-17(14)13-11-6-4-3-5-10(11)9-12(13)18/h3-8,13H,2,9H2,1H3. The number of hydrogen-bond donors (Lipinski definition) is 0. The van der Waals surface area contributed by atoms with Crippen LogP contribution in [0.5, 0.6) is 0 Å². The maximum Gasteiger partial charge on any atom is 0.374 e. The summed E-state index contributed by atoms with van der Waals surface area (Å²) in [4.78, 5) is 28.2. The van der Waals surface area contributed by atoms with Gasteiger partial charge in [0.15, 0.2) is 5.78 Å². The van der Waals surface area contributed by atoms with Crippen LogP contribution < -0.4 is 0 Å². The average molecular weight is 270 g/mol. The van der Waals surface area contributed by atoms with Crippen molar-refractivity contribution in [3.8, 4) is 0 Å². The summed E-state index contributed by atoms with van der Waals surface area (Å²) in [6, 6.07) is 7.18. The molecule has 102 valence electrons. The van der Waals surface area contributed by atoms with Crippen molar-refractivity contribution in [2.45, 2.75) is 19.4 Å². The van der Waals surface area contributed by atoms with Crippen molar-refractivity contribution in [3.05, 3.63) is 53.6 Å². The quantitative estimate of drug-likeness (QED) is 0.797. The largest absolute Gasteiger partial charge is 0.460 e. The molecular formula is C15H14N2O3. The normalized spacial score (nSPS) is 17.1. The summed E-state index contributed by atoms with van der Waals surface area (Å²) < 4.78 is 6.58. The molecule has 1 heterocycles. The Kier molecular flexibility index (Phi) is 3.10. The van der Waals surface area contributed by atoms with Gasteiger partial charge in [-0.2, -0.15) is 0 Å². The Balaban J connectivity index is 2.04. The van der Waals surface area contributed by atoms with Crippen molar-refractivity contribution in [1.29, 1.82) is 0 Å². The summed E-state index contributed by atoms with van der Waals surface area (Å²) in [5.41, 5.74) is 1.94. The highest BCUT2D eigenvalue weighted by molar-refractivity contribution is 5.94. The Morgan fingerprint density at radius 2 is 2.25 bits per heavy atom. The maximum absolute atomic E-state index is 12.3. The molecule has 0 radical (unpaired) electrons. The van der Waals surface area contributed by atoms with Crippen LogP contribution in [-0.4, -0.2) is 27.9 Å². The molecule has 1 aromatic carbocycles. The van der Waals surface area contributed by atoms with Crippen molar-refractivity contribution < 1.29 is 14.3 Å². The van der Waals surface area contributed by atoms with E-state index in [2.05, 4.69) is 4.98 Å². The summed E-state index contributed by atoms with van der Waals surface area (Å²) in [5.74, 6) is -0.272. The second-order valence-electron chi connectivity index (χ2n) is 4.62. The van der Waals surface area contributed by atoms with Gasteiger partial charge in [-0.3, -0.25) is 4.79 Å². The van der Waals surface area contributed by atoms with E-state index in [9.17, 15) is 9.59 Å². The minimum absolute atomic E-state index is 0.0646. The van der Waals surface area contributed by atoms with Crippen LogP contribution in [0.1, 0.15) is 34.7 Å². The zero-order valence-electron chi connectivity index (χ0n) is 11.1. The summed E-state index contributed by atoms with van der Waals surface area (Å²) >= 11 is 0. The molecule has 1 unspecified atom stereocenters. The van der Waals surface area contributed by atoms with Crippen LogP contribution >= 0.6 is 0 Å². The van der Waals surface area contributed by atoms with Gasteiger partial charge in [-0.05, 0) is 18.1 Å². The summed E-state index contributed by atoms with van der Waals surface area (Å²) in [6.45, 7) is 2.02. The summed E-state index contributed by atoms with van der Waals surface area (Å²) in [6.07, 6.45) is 3.55. The predicted octanol–water partition coefficient (Wildman–Crippen LogP) is 1.77. The lowest BCUT2D eigenvalue weighted by molar-refractivity contribution is -0.119. The summed E-state index contributed by atoms with van der Waals surface area (Å²) in [7, 11) is 0. The number of carbonyl (C=O) groups excluding carboxylic acids is 2. The Bertz CT molecular complexity index is 675. The van der Waals surface area contributed by atoms with Crippen molar-refractivity contribution in [2.24, 2.45) is 0 Å². The molecule has 5 heteroatoms. The van der Waals surface area contributed by atoms with Gasteiger partial charge in [0.05, 0.1) is 6.61 Å². The molecule has 0 fully saturated rings. The van der Waals surface area contributed by atoms with Gasteiger partial charge >= 0.3 is 5.97 Å². The molecule has 1 atom stereocenters. The van der Waals surface area contributed by atoms with Gasteiger partial charge in [0.1, 0.15) is 6.04 Å². The van der Waals surface area contributed by atoms with Gasteiger partial charge in [0, 0.05) is 18.8 Å². The Morgan fingerprint density at radius 3 is 3.05 bits per heavy atom. The second kappa shape index (κ2) is 4.92. The number of esters is 1. The molecule has 0 saturated carbocycles. The van der Waals surface area contributed by atoms with Crippen LogP contribution in [0.2, 0.25) is 0 Å². The molecule has 1 aromatic heterocycles. The van der Waals surface area contributed by atoms with Gasteiger partial charge in [-0.1, -0.05) is 24.3 Å². The number of aromatic nitrogens is 2. The average Bonchev–Trinajstić information content (AvgIpc) is 3.01. The SMILES string of the molecule is CCOC(=O)c1nccn1C1C(=O)Cc2ccccc21. The molecule has 0 saturated heterocycles. The van der Waals surface area contributed by atoms with Crippen LogP contribution in [0.4, 0.5) is 0 Å². The molecule has 2 aromatic rings. The van der Waals surface area contributed by atoms with E-state index in [0.717, 1.165) is 11.1 Å².